The van der Waals surface area contributed by atoms with E-state index in [2.05, 4.69) is 43.9 Å². The van der Waals surface area contributed by atoms with E-state index in [0.29, 0.717) is 11.9 Å². The van der Waals surface area contributed by atoms with E-state index in [9.17, 15) is 0 Å². The van der Waals surface area contributed by atoms with E-state index < -0.39 is 0 Å². The summed E-state index contributed by atoms with van der Waals surface area (Å²) in [6, 6.07) is 10.9. The lowest BCUT2D eigenvalue weighted by Gasteiger charge is -2.30. The molecule has 0 bridgehead atoms. The monoisotopic (exact) mass is 304 g/mol. The zero-order valence-corrected chi connectivity index (χ0v) is 14.0. The predicted molar refractivity (Wildman–Crippen MR) is 93.3 cm³/mol. The second-order valence-corrected chi connectivity index (χ2v) is 6.06. The second-order valence-electron chi connectivity index (χ2n) is 5.79. The number of alkyl halides is 1. The van der Waals surface area contributed by atoms with Crippen LogP contribution in [0, 0.1) is 0 Å². The fraction of sp³-hybridized carbons (Fsp3) is 0.500. The Balaban J connectivity index is 2.39. The van der Waals surface area contributed by atoms with E-state index in [1.54, 1.807) is 0 Å². The van der Waals surface area contributed by atoms with Gasteiger partial charge in [0, 0.05) is 23.5 Å². The van der Waals surface area contributed by atoms with Crippen LogP contribution in [0.4, 0.5) is 5.82 Å². The Labute approximate surface area is 133 Å². The molecule has 0 aliphatic heterocycles. The lowest BCUT2D eigenvalue weighted by molar-refractivity contribution is 0.619. The van der Waals surface area contributed by atoms with Crippen LogP contribution in [0.1, 0.15) is 45.6 Å². The minimum atomic E-state index is 0.428. The number of pyridine rings is 1. The number of hydrogen-bond acceptors (Lipinski definition) is 2. The first-order chi connectivity index (χ1) is 10.2. The zero-order valence-electron chi connectivity index (χ0n) is 13.3. The van der Waals surface area contributed by atoms with E-state index in [0.717, 1.165) is 28.8 Å². The van der Waals surface area contributed by atoms with Gasteiger partial charge in [-0.15, -0.1) is 11.6 Å². The van der Waals surface area contributed by atoms with Crippen LogP contribution in [0.3, 0.4) is 0 Å². The minimum Gasteiger partial charge on any atom is -0.354 e. The van der Waals surface area contributed by atoms with Crippen LogP contribution in [-0.2, 0) is 5.88 Å². The molecule has 0 unspecified atom stereocenters. The first kappa shape index (κ1) is 16.1. The molecule has 1 aromatic carbocycles. The van der Waals surface area contributed by atoms with Gasteiger partial charge in [-0.25, -0.2) is 4.98 Å². The van der Waals surface area contributed by atoms with Crippen molar-refractivity contribution < 1.29 is 0 Å². The third-order valence-electron chi connectivity index (χ3n) is 3.82. The van der Waals surface area contributed by atoms with Crippen molar-refractivity contribution in [2.45, 2.75) is 52.0 Å². The highest BCUT2D eigenvalue weighted by Gasteiger charge is 2.16. The maximum atomic E-state index is 6.18. The number of anilines is 1. The topological polar surface area (TPSA) is 16.1 Å². The van der Waals surface area contributed by atoms with E-state index in [1.165, 1.54) is 19.3 Å². The first-order valence-electron chi connectivity index (χ1n) is 7.88. The molecule has 1 aromatic heterocycles. The van der Waals surface area contributed by atoms with Gasteiger partial charge in [0.25, 0.3) is 0 Å². The molecule has 0 atom stereocenters. The number of benzene rings is 1. The zero-order chi connectivity index (χ0) is 15.2. The van der Waals surface area contributed by atoms with E-state index in [1.807, 2.05) is 12.1 Å². The molecule has 0 aliphatic rings. The summed E-state index contributed by atoms with van der Waals surface area (Å²) in [4.78, 5) is 7.28. The van der Waals surface area contributed by atoms with Crippen molar-refractivity contribution in [2.75, 3.05) is 11.4 Å². The molecule has 21 heavy (non-hydrogen) atoms. The molecular weight excluding hydrogens is 280 g/mol. The molecule has 0 saturated heterocycles. The number of halogens is 1. The van der Waals surface area contributed by atoms with Crippen molar-refractivity contribution in [3.8, 4) is 0 Å². The number of nitrogens with zero attached hydrogens (tertiary/aromatic N) is 2. The molecule has 2 nitrogen and oxygen atoms in total. The molecule has 0 N–H and O–H groups in total. The molecular formula is C18H25ClN2. The maximum Gasteiger partial charge on any atom is 0.133 e. The van der Waals surface area contributed by atoms with Gasteiger partial charge in [-0.3, -0.25) is 0 Å². The Morgan fingerprint density at radius 3 is 2.62 bits per heavy atom. The highest BCUT2D eigenvalue weighted by molar-refractivity contribution is 6.17. The van der Waals surface area contributed by atoms with Gasteiger partial charge < -0.3 is 4.90 Å². The number of rotatable bonds is 7. The number of fused-ring (bicyclic) bond motifs is 1. The predicted octanol–water partition coefficient (Wildman–Crippen LogP) is 5.38. The molecule has 3 heteroatoms. The van der Waals surface area contributed by atoms with Gasteiger partial charge in [-0.05, 0) is 32.4 Å². The Morgan fingerprint density at radius 2 is 1.95 bits per heavy atom. The summed E-state index contributed by atoms with van der Waals surface area (Å²) in [5, 5.41) is 1.16. The molecule has 114 valence electrons. The van der Waals surface area contributed by atoms with Crippen molar-refractivity contribution >= 4 is 28.3 Å². The highest BCUT2D eigenvalue weighted by Crippen LogP contribution is 2.26. The summed E-state index contributed by atoms with van der Waals surface area (Å²) in [6.45, 7) is 7.72. The Hall–Kier alpha value is -1.28. The van der Waals surface area contributed by atoms with Gasteiger partial charge in [-0.2, -0.15) is 0 Å². The van der Waals surface area contributed by atoms with Crippen LogP contribution in [0.15, 0.2) is 30.3 Å². The fourth-order valence-electron chi connectivity index (χ4n) is 2.64. The molecule has 0 fully saturated rings. The maximum absolute atomic E-state index is 6.18. The van der Waals surface area contributed by atoms with Crippen molar-refractivity contribution in [3.05, 3.63) is 35.9 Å². The normalized spacial score (nSPS) is 11.3. The number of unbranched alkanes of at least 4 members (excludes halogenated alkanes) is 2. The average molecular weight is 305 g/mol. The minimum absolute atomic E-state index is 0.428. The van der Waals surface area contributed by atoms with Crippen LogP contribution >= 0.6 is 11.6 Å². The Bertz CT molecular complexity index is 580. The number of para-hydroxylation sites is 1. The number of hydrogen-bond donors (Lipinski definition) is 0. The second kappa shape index (κ2) is 7.65. The largest absolute Gasteiger partial charge is 0.354 e. The van der Waals surface area contributed by atoms with Crippen LogP contribution < -0.4 is 4.90 Å². The SMILES string of the molecule is CCCCCN(c1nc2ccccc2cc1CCl)C(C)C. The summed E-state index contributed by atoms with van der Waals surface area (Å²) in [7, 11) is 0. The first-order valence-corrected chi connectivity index (χ1v) is 8.42. The lowest BCUT2D eigenvalue weighted by atomic mass is 10.1. The van der Waals surface area contributed by atoms with Crippen molar-refractivity contribution in [3.63, 3.8) is 0 Å². The molecule has 0 aliphatic carbocycles. The fourth-order valence-corrected chi connectivity index (χ4v) is 2.83. The van der Waals surface area contributed by atoms with Crippen LogP contribution in [0.2, 0.25) is 0 Å². The summed E-state index contributed by atoms with van der Waals surface area (Å²) in [5.74, 6) is 1.55. The summed E-state index contributed by atoms with van der Waals surface area (Å²) >= 11 is 6.18. The summed E-state index contributed by atoms with van der Waals surface area (Å²) < 4.78 is 0. The third-order valence-corrected chi connectivity index (χ3v) is 4.11. The molecule has 0 saturated carbocycles. The van der Waals surface area contributed by atoms with Crippen LogP contribution in [-0.4, -0.2) is 17.6 Å². The van der Waals surface area contributed by atoms with Crippen LogP contribution in [0.5, 0.6) is 0 Å². The van der Waals surface area contributed by atoms with E-state index in [4.69, 9.17) is 16.6 Å². The molecule has 0 radical (unpaired) electrons. The smallest absolute Gasteiger partial charge is 0.133 e. The summed E-state index contributed by atoms with van der Waals surface area (Å²) in [5.41, 5.74) is 2.17. The van der Waals surface area contributed by atoms with Crippen molar-refractivity contribution in [1.82, 2.24) is 4.98 Å². The molecule has 0 amide bonds. The van der Waals surface area contributed by atoms with E-state index in [-0.39, 0.29) is 0 Å². The molecule has 2 rings (SSSR count). The average Bonchev–Trinajstić information content (AvgIpc) is 2.50. The molecule has 0 spiro atoms. The Morgan fingerprint density at radius 1 is 1.19 bits per heavy atom. The quantitative estimate of drug-likeness (QED) is 0.504. The highest BCUT2D eigenvalue weighted by atomic mass is 35.5. The van der Waals surface area contributed by atoms with Crippen molar-refractivity contribution in [2.24, 2.45) is 0 Å². The van der Waals surface area contributed by atoms with Crippen molar-refractivity contribution in [1.29, 1.82) is 0 Å². The van der Waals surface area contributed by atoms with Gasteiger partial charge in [0.2, 0.25) is 0 Å². The van der Waals surface area contributed by atoms with E-state index >= 15 is 0 Å². The lowest BCUT2D eigenvalue weighted by Crippen LogP contribution is -2.33. The van der Waals surface area contributed by atoms with Gasteiger partial charge in [-0.1, -0.05) is 38.0 Å². The van der Waals surface area contributed by atoms with Crippen LogP contribution in [0.25, 0.3) is 10.9 Å². The van der Waals surface area contributed by atoms with Gasteiger partial charge in [0.05, 0.1) is 11.4 Å². The van der Waals surface area contributed by atoms with Gasteiger partial charge >= 0.3 is 0 Å². The summed E-state index contributed by atoms with van der Waals surface area (Å²) in [6.07, 6.45) is 3.69. The molecule has 1 heterocycles. The number of aromatic nitrogens is 1. The van der Waals surface area contributed by atoms with Gasteiger partial charge in [0.15, 0.2) is 0 Å². The molecule has 2 aromatic rings. The van der Waals surface area contributed by atoms with Gasteiger partial charge in [0.1, 0.15) is 5.82 Å². The standard InChI is InChI=1S/C18H25ClN2/c1-4-5-8-11-21(14(2)3)18-16(13-19)12-15-9-6-7-10-17(15)20-18/h6-7,9-10,12,14H,4-5,8,11,13H2,1-3H3. The third kappa shape index (κ3) is 3.88. The Kier molecular flexibility index (Phi) is 5.86.